The Bertz CT molecular complexity index is 995. The Morgan fingerprint density at radius 1 is 1.26 bits per heavy atom. The smallest absolute Gasteiger partial charge is 0.254 e. The predicted octanol–water partition coefficient (Wildman–Crippen LogP) is 3.64. The first-order chi connectivity index (χ1) is 13.3. The van der Waals surface area contributed by atoms with Crippen molar-refractivity contribution in [1.29, 1.82) is 0 Å². The van der Waals surface area contributed by atoms with Crippen molar-refractivity contribution in [3.05, 3.63) is 47.5 Å². The Hall–Kier alpha value is -2.54. The second-order valence-electron chi connectivity index (χ2n) is 7.30. The molecular weight excluding hydrogens is 358 g/mol. The zero-order valence-electron chi connectivity index (χ0n) is 15.0. The van der Waals surface area contributed by atoms with E-state index in [0.717, 1.165) is 38.6 Å². The van der Waals surface area contributed by atoms with Gasteiger partial charge in [0.15, 0.2) is 5.13 Å². The summed E-state index contributed by atoms with van der Waals surface area (Å²) >= 11 is 1.64. The van der Waals surface area contributed by atoms with Crippen LogP contribution in [-0.4, -0.2) is 38.3 Å². The van der Waals surface area contributed by atoms with Crippen molar-refractivity contribution in [2.45, 2.75) is 44.7 Å². The fourth-order valence-electron chi connectivity index (χ4n) is 3.99. The number of hydrogen-bond donors (Lipinski definition) is 1. The number of carbonyl (C=O) groups is 1. The SMILES string of the molecule is O=C(c1ccc2nc(NC3CCCC3)sc2c1)N1CCc2ncncc2C1. The number of thiazole rings is 1. The molecule has 1 amide bonds. The van der Waals surface area contributed by atoms with Gasteiger partial charge >= 0.3 is 0 Å². The number of rotatable bonds is 3. The summed E-state index contributed by atoms with van der Waals surface area (Å²) in [6.45, 7) is 1.27. The van der Waals surface area contributed by atoms with Crippen LogP contribution in [0.5, 0.6) is 0 Å². The third-order valence-corrected chi connectivity index (χ3v) is 6.42. The Labute approximate surface area is 161 Å². The normalized spacial score (nSPS) is 17.3. The molecule has 1 saturated carbocycles. The molecular formula is C20H21N5OS. The lowest BCUT2D eigenvalue weighted by atomic mass is 10.1. The molecule has 7 heteroatoms. The first-order valence-electron chi connectivity index (χ1n) is 9.50. The second kappa shape index (κ2) is 6.88. The first kappa shape index (κ1) is 16.6. The van der Waals surface area contributed by atoms with E-state index in [1.54, 1.807) is 17.7 Å². The van der Waals surface area contributed by atoms with Crippen LogP contribution in [0.25, 0.3) is 10.2 Å². The summed E-state index contributed by atoms with van der Waals surface area (Å²) in [6, 6.07) is 6.37. The van der Waals surface area contributed by atoms with Gasteiger partial charge in [-0.25, -0.2) is 15.0 Å². The number of benzene rings is 1. The average molecular weight is 379 g/mol. The van der Waals surface area contributed by atoms with E-state index < -0.39 is 0 Å². The zero-order valence-corrected chi connectivity index (χ0v) is 15.8. The van der Waals surface area contributed by atoms with Gasteiger partial charge in [-0.2, -0.15) is 0 Å². The second-order valence-corrected chi connectivity index (χ2v) is 8.33. The van der Waals surface area contributed by atoms with Crippen LogP contribution in [0.3, 0.4) is 0 Å². The Kier molecular flexibility index (Phi) is 4.24. The molecule has 138 valence electrons. The molecule has 1 N–H and O–H groups in total. The predicted molar refractivity (Wildman–Crippen MR) is 106 cm³/mol. The molecule has 5 rings (SSSR count). The Morgan fingerprint density at radius 3 is 3.04 bits per heavy atom. The molecule has 2 aliphatic rings. The van der Waals surface area contributed by atoms with Crippen molar-refractivity contribution < 1.29 is 4.79 Å². The van der Waals surface area contributed by atoms with Gasteiger partial charge in [0.2, 0.25) is 0 Å². The van der Waals surface area contributed by atoms with Crippen LogP contribution in [0.1, 0.15) is 47.3 Å². The first-order valence-corrected chi connectivity index (χ1v) is 10.3. The quantitative estimate of drug-likeness (QED) is 0.752. The van der Waals surface area contributed by atoms with Crippen LogP contribution in [0.15, 0.2) is 30.7 Å². The lowest BCUT2D eigenvalue weighted by molar-refractivity contribution is 0.0733. The van der Waals surface area contributed by atoms with Crippen molar-refractivity contribution >= 4 is 32.6 Å². The lowest BCUT2D eigenvalue weighted by Gasteiger charge is -2.27. The van der Waals surface area contributed by atoms with Crippen molar-refractivity contribution in [3.8, 4) is 0 Å². The van der Waals surface area contributed by atoms with Gasteiger partial charge in [-0.05, 0) is 31.0 Å². The fourth-order valence-corrected chi connectivity index (χ4v) is 4.97. The Balaban J connectivity index is 1.36. The molecule has 0 saturated heterocycles. The molecule has 2 aromatic heterocycles. The highest BCUT2D eigenvalue weighted by Crippen LogP contribution is 2.30. The molecule has 0 atom stereocenters. The molecule has 1 aromatic carbocycles. The summed E-state index contributed by atoms with van der Waals surface area (Å²) in [5, 5.41) is 4.51. The van der Waals surface area contributed by atoms with Gasteiger partial charge in [0.1, 0.15) is 6.33 Å². The van der Waals surface area contributed by atoms with E-state index in [0.29, 0.717) is 19.1 Å². The van der Waals surface area contributed by atoms with Gasteiger partial charge in [-0.1, -0.05) is 24.2 Å². The number of amides is 1. The van der Waals surface area contributed by atoms with Gasteiger partial charge in [0, 0.05) is 42.9 Å². The molecule has 1 aliphatic carbocycles. The van der Waals surface area contributed by atoms with E-state index in [4.69, 9.17) is 0 Å². The van der Waals surface area contributed by atoms with Crippen molar-refractivity contribution in [1.82, 2.24) is 19.9 Å². The van der Waals surface area contributed by atoms with Crippen molar-refractivity contribution in [2.24, 2.45) is 0 Å². The molecule has 3 aromatic rings. The van der Waals surface area contributed by atoms with Gasteiger partial charge < -0.3 is 10.2 Å². The monoisotopic (exact) mass is 379 g/mol. The molecule has 0 unspecified atom stereocenters. The number of carbonyl (C=O) groups excluding carboxylic acids is 1. The highest BCUT2D eigenvalue weighted by Gasteiger charge is 2.23. The van der Waals surface area contributed by atoms with Crippen LogP contribution in [0, 0.1) is 0 Å². The van der Waals surface area contributed by atoms with Crippen LogP contribution in [0.4, 0.5) is 5.13 Å². The molecule has 1 fully saturated rings. The highest BCUT2D eigenvalue weighted by molar-refractivity contribution is 7.22. The van der Waals surface area contributed by atoms with E-state index in [-0.39, 0.29) is 5.91 Å². The van der Waals surface area contributed by atoms with Crippen LogP contribution >= 0.6 is 11.3 Å². The van der Waals surface area contributed by atoms with E-state index >= 15 is 0 Å². The minimum Gasteiger partial charge on any atom is -0.359 e. The van der Waals surface area contributed by atoms with Gasteiger partial charge in [-0.15, -0.1) is 0 Å². The molecule has 0 bridgehead atoms. The number of nitrogens with zero attached hydrogens (tertiary/aromatic N) is 4. The summed E-state index contributed by atoms with van der Waals surface area (Å²) in [6.07, 6.45) is 9.21. The number of aromatic nitrogens is 3. The fraction of sp³-hybridized carbons (Fsp3) is 0.400. The number of hydrogen-bond acceptors (Lipinski definition) is 6. The van der Waals surface area contributed by atoms with Crippen molar-refractivity contribution in [2.75, 3.05) is 11.9 Å². The van der Waals surface area contributed by atoms with Crippen LogP contribution < -0.4 is 5.32 Å². The summed E-state index contributed by atoms with van der Waals surface area (Å²) in [5.74, 6) is 0.0603. The highest BCUT2D eigenvalue weighted by atomic mass is 32.1. The molecule has 0 radical (unpaired) electrons. The number of fused-ring (bicyclic) bond motifs is 2. The molecule has 1 aliphatic heterocycles. The van der Waals surface area contributed by atoms with E-state index in [1.165, 1.54) is 25.7 Å². The maximum atomic E-state index is 13.0. The summed E-state index contributed by atoms with van der Waals surface area (Å²) in [4.78, 5) is 28.0. The van der Waals surface area contributed by atoms with Crippen LogP contribution in [0.2, 0.25) is 0 Å². The minimum atomic E-state index is 0.0603. The lowest BCUT2D eigenvalue weighted by Crippen LogP contribution is -2.36. The standard InChI is InChI=1S/C20H21N5OS/c26-19(25-8-7-16-14(11-25)10-21-12-22-16)13-5-6-17-18(9-13)27-20(24-17)23-15-3-1-2-4-15/h5-6,9-10,12,15H,1-4,7-8,11H2,(H,23,24). The van der Waals surface area contributed by atoms with Crippen LogP contribution in [-0.2, 0) is 13.0 Å². The topological polar surface area (TPSA) is 71.0 Å². The van der Waals surface area contributed by atoms with E-state index in [9.17, 15) is 4.79 Å². The van der Waals surface area contributed by atoms with Gasteiger partial charge in [0.05, 0.1) is 15.9 Å². The molecule has 3 heterocycles. The summed E-state index contributed by atoms with van der Waals surface area (Å²) in [7, 11) is 0. The zero-order chi connectivity index (χ0) is 18.2. The minimum absolute atomic E-state index is 0.0603. The number of anilines is 1. The third-order valence-electron chi connectivity index (χ3n) is 5.47. The van der Waals surface area contributed by atoms with Gasteiger partial charge in [0.25, 0.3) is 5.91 Å². The maximum absolute atomic E-state index is 13.0. The van der Waals surface area contributed by atoms with Gasteiger partial charge in [-0.3, -0.25) is 4.79 Å². The van der Waals surface area contributed by atoms with E-state index in [2.05, 4.69) is 20.3 Å². The molecule has 6 nitrogen and oxygen atoms in total. The van der Waals surface area contributed by atoms with E-state index in [1.807, 2.05) is 29.3 Å². The van der Waals surface area contributed by atoms with Crippen molar-refractivity contribution in [3.63, 3.8) is 0 Å². The number of nitrogens with one attached hydrogen (secondary N) is 1. The third kappa shape index (κ3) is 3.27. The Morgan fingerprint density at radius 2 is 2.15 bits per heavy atom. The largest absolute Gasteiger partial charge is 0.359 e. The molecule has 27 heavy (non-hydrogen) atoms. The summed E-state index contributed by atoms with van der Waals surface area (Å²) in [5.41, 5.74) is 3.77. The summed E-state index contributed by atoms with van der Waals surface area (Å²) < 4.78 is 1.06. The average Bonchev–Trinajstić information content (AvgIpc) is 3.35. The maximum Gasteiger partial charge on any atom is 0.254 e. The molecule has 0 spiro atoms.